The second-order valence-corrected chi connectivity index (χ2v) is 3.26. The fourth-order valence-electron chi connectivity index (χ4n) is 0.912. The van der Waals surface area contributed by atoms with E-state index in [4.69, 9.17) is 0 Å². The Morgan fingerprint density at radius 1 is 1.47 bits per heavy atom. The van der Waals surface area contributed by atoms with Gasteiger partial charge in [0.2, 0.25) is 0 Å². The van der Waals surface area contributed by atoms with E-state index in [0.717, 1.165) is 31.4 Å². The van der Waals surface area contributed by atoms with Crippen LogP contribution < -0.4 is 4.31 Å². The van der Waals surface area contributed by atoms with Crippen molar-refractivity contribution in [1.82, 2.24) is 0 Å². The van der Waals surface area contributed by atoms with E-state index in [1.54, 1.807) is 0 Å². The average molecular weight is 232 g/mol. The van der Waals surface area contributed by atoms with Crippen LogP contribution in [-0.2, 0) is 16.0 Å². The van der Waals surface area contributed by atoms with Crippen LogP contribution in [0.15, 0.2) is 24.3 Å². The second-order valence-electron chi connectivity index (χ2n) is 2.46. The molecule has 1 atom stereocenters. The van der Waals surface area contributed by atoms with Gasteiger partial charge in [-0.2, -0.15) is 0 Å². The number of anilines is 1. The number of methoxy groups -OCH3 is 1. The predicted molar refractivity (Wildman–Crippen MR) is 50.2 cm³/mol. The summed E-state index contributed by atoms with van der Waals surface area (Å²) >= 11 is -2.80. The van der Waals surface area contributed by atoms with Gasteiger partial charge in [0.25, 0.3) is 0 Å². The molecule has 0 radical (unpaired) electrons. The maximum atomic E-state index is 12.5. The van der Waals surface area contributed by atoms with Gasteiger partial charge in [-0.3, -0.25) is 4.21 Å². The molecule has 0 N–H and O–H groups in total. The van der Waals surface area contributed by atoms with Gasteiger partial charge in [-0.05, 0) is 24.3 Å². The van der Waals surface area contributed by atoms with Crippen LogP contribution in [0, 0.1) is 5.82 Å². The summed E-state index contributed by atoms with van der Waals surface area (Å²) in [4.78, 5) is 11.1. The Labute approximate surface area is 87.9 Å². The van der Waals surface area contributed by atoms with Crippen molar-refractivity contribution in [1.29, 1.82) is 0 Å². The third kappa shape index (κ3) is 2.74. The highest BCUT2D eigenvalue weighted by Gasteiger charge is 2.16. The zero-order valence-electron chi connectivity index (χ0n) is 7.68. The van der Waals surface area contributed by atoms with Crippen molar-refractivity contribution < 1.29 is 22.7 Å². The lowest BCUT2D eigenvalue weighted by Gasteiger charge is -2.22. The lowest BCUT2D eigenvalue weighted by molar-refractivity contribution is 0.183. The Balaban J connectivity index is 3.04. The number of hydrogen-bond acceptors (Lipinski definition) is 4. The molecule has 82 valence electrons. The summed E-state index contributed by atoms with van der Waals surface area (Å²) in [6.07, 6.45) is -1.06. The third-order valence-corrected chi connectivity index (χ3v) is 2.21. The number of nitrogens with zero attached hydrogens (tertiary/aromatic N) is 1. The molecule has 0 saturated carbocycles. The van der Waals surface area contributed by atoms with Crippen molar-refractivity contribution >= 4 is 23.0 Å². The molecule has 1 amide bonds. The lowest BCUT2D eigenvalue weighted by atomic mass is 10.3. The van der Waals surface area contributed by atoms with E-state index in [2.05, 4.69) is 4.74 Å². The Morgan fingerprint density at radius 2 is 2.00 bits per heavy atom. The first kappa shape index (κ1) is 11.6. The van der Waals surface area contributed by atoms with Crippen LogP contribution in [0.3, 0.4) is 0 Å². The molecule has 0 aromatic heterocycles. The molecular formula is C8H7FNO4S-. The van der Waals surface area contributed by atoms with E-state index < -0.39 is 23.2 Å². The topological polar surface area (TPSA) is 69.7 Å². The van der Waals surface area contributed by atoms with Crippen LogP contribution in [0.2, 0.25) is 0 Å². The Morgan fingerprint density at radius 3 is 2.40 bits per heavy atom. The SMILES string of the molecule is COC(=O)N(c1ccc(F)cc1)S(=O)[O-]. The molecule has 0 saturated heterocycles. The largest absolute Gasteiger partial charge is 0.755 e. The van der Waals surface area contributed by atoms with Gasteiger partial charge in [-0.25, -0.2) is 13.5 Å². The number of carbonyl (C=O) groups excluding carboxylic acids is 1. The van der Waals surface area contributed by atoms with E-state index >= 15 is 0 Å². The fourth-order valence-corrected chi connectivity index (χ4v) is 1.40. The first-order valence-corrected chi connectivity index (χ1v) is 4.82. The molecule has 0 fully saturated rings. The monoisotopic (exact) mass is 232 g/mol. The van der Waals surface area contributed by atoms with Crippen LogP contribution in [0.1, 0.15) is 0 Å². The summed E-state index contributed by atoms with van der Waals surface area (Å²) in [6, 6.07) is 4.39. The number of benzene rings is 1. The third-order valence-electron chi connectivity index (χ3n) is 1.55. The maximum absolute atomic E-state index is 12.5. The van der Waals surface area contributed by atoms with Crippen LogP contribution in [0.4, 0.5) is 14.9 Å². The second kappa shape index (κ2) is 4.85. The van der Waals surface area contributed by atoms with E-state index in [1.165, 1.54) is 0 Å². The molecule has 1 rings (SSSR count). The standard InChI is InChI=1S/C8H8FNO4S/c1-14-8(11)10(15(12)13)7-4-2-6(9)3-5-7/h2-5H,1H3,(H,12,13)/p-1. The van der Waals surface area contributed by atoms with Crippen molar-refractivity contribution in [2.45, 2.75) is 0 Å². The minimum atomic E-state index is -2.80. The molecule has 0 spiro atoms. The molecule has 1 unspecified atom stereocenters. The van der Waals surface area contributed by atoms with Crippen molar-refractivity contribution in [2.24, 2.45) is 0 Å². The van der Waals surface area contributed by atoms with Gasteiger partial charge >= 0.3 is 6.09 Å². The molecule has 0 aliphatic carbocycles. The molecule has 5 nitrogen and oxygen atoms in total. The minimum absolute atomic E-state index is 0.0107. The summed E-state index contributed by atoms with van der Waals surface area (Å²) in [5, 5.41) is 0. The van der Waals surface area contributed by atoms with Crippen molar-refractivity contribution in [2.75, 3.05) is 11.4 Å². The first-order chi connectivity index (χ1) is 7.06. The molecule has 0 heterocycles. The van der Waals surface area contributed by atoms with Crippen LogP contribution in [0.25, 0.3) is 0 Å². The van der Waals surface area contributed by atoms with Crippen molar-refractivity contribution in [3.8, 4) is 0 Å². The van der Waals surface area contributed by atoms with Crippen LogP contribution in [-0.4, -0.2) is 22.0 Å². The van der Waals surface area contributed by atoms with Gasteiger partial charge < -0.3 is 9.29 Å². The highest BCUT2D eigenvalue weighted by molar-refractivity contribution is 7.81. The summed E-state index contributed by atoms with van der Waals surface area (Å²) in [5.41, 5.74) is 0.0107. The zero-order chi connectivity index (χ0) is 11.4. The van der Waals surface area contributed by atoms with Crippen LogP contribution >= 0.6 is 0 Å². The number of carbonyl (C=O) groups is 1. The smallest absolute Gasteiger partial charge is 0.425 e. The van der Waals surface area contributed by atoms with E-state index in [-0.39, 0.29) is 5.69 Å². The summed E-state index contributed by atoms with van der Waals surface area (Å²) in [6.45, 7) is 0. The fraction of sp³-hybridized carbons (Fsp3) is 0.125. The molecule has 7 heteroatoms. The lowest BCUT2D eigenvalue weighted by Crippen LogP contribution is -2.32. The molecule has 1 aromatic rings. The van der Waals surface area contributed by atoms with Gasteiger partial charge in [0.15, 0.2) is 0 Å². The number of halogens is 1. The average Bonchev–Trinajstić information content (AvgIpc) is 2.20. The maximum Gasteiger partial charge on any atom is 0.425 e. The van der Waals surface area contributed by atoms with Crippen molar-refractivity contribution in [3.05, 3.63) is 30.1 Å². The van der Waals surface area contributed by atoms with Gasteiger partial charge in [0, 0.05) is 0 Å². The predicted octanol–water partition coefficient (Wildman–Crippen LogP) is 1.19. The summed E-state index contributed by atoms with van der Waals surface area (Å²) in [7, 11) is 1.05. The molecule has 1 aromatic carbocycles. The first-order valence-electron chi connectivity index (χ1n) is 3.79. The molecule has 0 aliphatic rings. The Bertz CT molecular complexity index is 381. The number of hydrogen-bond donors (Lipinski definition) is 0. The number of rotatable bonds is 2. The van der Waals surface area contributed by atoms with Crippen LogP contribution in [0.5, 0.6) is 0 Å². The van der Waals surface area contributed by atoms with E-state index in [0.29, 0.717) is 4.31 Å². The molecule has 0 aliphatic heterocycles. The molecule has 15 heavy (non-hydrogen) atoms. The van der Waals surface area contributed by atoms with Gasteiger partial charge in [0.1, 0.15) is 5.82 Å². The summed E-state index contributed by atoms with van der Waals surface area (Å²) in [5.74, 6) is -0.528. The highest BCUT2D eigenvalue weighted by atomic mass is 32.2. The van der Waals surface area contributed by atoms with Gasteiger partial charge in [0.05, 0.1) is 24.1 Å². The van der Waals surface area contributed by atoms with Crippen molar-refractivity contribution in [3.63, 3.8) is 0 Å². The van der Waals surface area contributed by atoms with E-state index in [9.17, 15) is 17.9 Å². The Kier molecular flexibility index (Phi) is 3.75. The number of amides is 1. The number of ether oxygens (including phenoxy) is 1. The quantitative estimate of drug-likeness (QED) is 0.718. The minimum Gasteiger partial charge on any atom is -0.755 e. The summed E-state index contributed by atoms with van der Waals surface area (Å²) < 4.78 is 38.6. The normalized spacial score (nSPS) is 11.9. The zero-order valence-corrected chi connectivity index (χ0v) is 8.49. The molecule has 0 bridgehead atoms. The van der Waals surface area contributed by atoms with E-state index in [1.807, 2.05) is 0 Å². The molecular weight excluding hydrogens is 225 g/mol. The highest BCUT2D eigenvalue weighted by Crippen LogP contribution is 2.16. The Hall–Kier alpha value is -1.47. The van der Waals surface area contributed by atoms with Gasteiger partial charge in [-0.15, -0.1) is 0 Å². The van der Waals surface area contributed by atoms with Gasteiger partial charge in [-0.1, -0.05) is 0 Å².